The van der Waals surface area contributed by atoms with Gasteiger partial charge in [-0.1, -0.05) is 11.3 Å². The van der Waals surface area contributed by atoms with Crippen molar-refractivity contribution in [2.24, 2.45) is 0 Å². The molecule has 6 nitrogen and oxygen atoms in total. The van der Waals surface area contributed by atoms with Crippen molar-refractivity contribution >= 4 is 22.4 Å². The number of aromatic nitrogens is 3. The Balaban J connectivity index is 2.22. The van der Waals surface area contributed by atoms with Gasteiger partial charge in [-0.05, 0) is 24.3 Å². The molecule has 0 aliphatic heterocycles. The average Bonchev–Trinajstić information content (AvgIpc) is 3.03. The van der Waals surface area contributed by atoms with E-state index in [0.29, 0.717) is 21.0 Å². The molecule has 1 aromatic carbocycles. The van der Waals surface area contributed by atoms with E-state index in [1.54, 1.807) is 32.4 Å². The molecule has 2 heterocycles. The summed E-state index contributed by atoms with van der Waals surface area (Å²) in [7, 11) is 3.17. The number of ether oxygens (including phenoxy) is 2. The van der Waals surface area contributed by atoms with Crippen LogP contribution in [0.1, 0.15) is 5.56 Å². The van der Waals surface area contributed by atoms with Gasteiger partial charge in [0.25, 0.3) is 5.56 Å². The Hall–Kier alpha value is -2.41. The van der Waals surface area contributed by atoms with Crippen molar-refractivity contribution < 1.29 is 9.47 Å². The van der Waals surface area contributed by atoms with Crippen LogP contribution in [0.4, 0.5) is 0 Å². The minimum atomic E-state index is -0.188. The number of nitrogens with zero attached hydrogens (tertiary/aromatic N) is 3. The maximum Gasteiger partial charge on any atom is 0.291 e. The van der Waals surface area contributed by atoms with Gasteiger partial charge >= 0.3 is 0 Å². The Morgan fingerprint density at radius 2 is 2.15 bits per heavy atom. The first kappa shape index (κ1) is 12.6. The predicted octanol–water partition coefficient (Wildman–Crippen LogP) is 0.716. The summed E-state index contributed by atoms with van der Waals surface area (Å²) in [6.45, 7) is 0. The van der Waals surface area contributed by atoms with Crippen LogP contribution in [0.15, 0.2) is 29.3 Å². The molecule has 0 N–H and O–H groups in total. The van der Waals surface area contributed by atoms with Crippen LogP contribution in [0, 0.1) is 0 Å². The lowest BCUT2D eigenvalue weighted by Crippen LogP contribution is -2.23. The van der Waals surface area contributed by atoms with Crippen molar-refractivity contribution in [1.82, 2.24) is 14.6 Å². The first-order chi connectivity index (χ1) is 9.72. The molecule has 20 heavy (non-hydrogen) atoms. The normalized spacial score (nSPS) is 12.0. The van der Waals surface area contributed by atoms with E-state index < -0.39 is 0 Å². The van der Waals surface area contributed by atoms with Crippen LogP contribution < -0.4 is 19.6 Å². The highest BCUT2D eigenvalue weighted by atomic mass is 32.1. The van der Waals surface area contributed by atoms with Crippen molar-refractivity contribution in [2.45, 2.75) is 0 Å². The molecule has 0 spiro atoms. The summed E-state index contributed by atoms with van der Waals surface area (Å²) in [5.74, 6) is 1.37. The highest BCUT2D eigenvalue weighted by Crippen LogP contribution is 2.24. The number of fused-ring (bicyclic) bond motifs is 1. The first-order valence-corrected chi connectivity index (χ1v) is 6.61. The molecule has 0 saturated heterocycles. The summed E-state index contributed by atoms with van der Waals surface area (Å²) in [5, 5.41) is 3.88. The van der Waals surface area contributed by atoms with Crippen LogP contribution in [-0.4, -0.2) is 28.8 Å². The Kier molecular flexibility index (Phi) is 3.11. The van der Waals surface area contributed by atoms with Gasteiger partial charge in [-0.25, -0.2) is 4.98 Å². The minimum Gasteiger partial charge on any atom is -0.497 e. The fraction of sp³-hybridized carbons (Fsp3) is 0.154. The monoisotopic (exact) mass is 289 g/mol. The topological polar surface area (TPSA) is 65.7 Å². The molecule has 0 atom stereocenters. The number of thiazole rings is 1. The van der Waals surface area contributed by atoms with Crippen LogP contribution in [0.3, 0.4) is 0 Å². The maximum atomic E-state index is 12.1. The van der Waals surface area contributed by atoms with E-state index in [1.807, 2.05) is 6.07 Å². The largest absolute Gasteiger partial charge is 0.497 e. The number of rotatable bonds is 3. The second kappa shape index (κ2) is 4.93. The third-order valence-electron chi connectivity index (χ3n) is 2.84. The molecule has 2 aromatic heterocycles. The van der Waals surface area contributed by atoms with Crippen LogP contribution in [-0.2, 0) is 0 Å². The summed E-state index contributed by atoms with van der Waals surface area (Å²) in [6, 6.07) is 5.41. The Bertz CT molecular complexity index is 869. The molecule has 0 aliphatic rings. The summed E-state index contributed by atoms with van der Waals surface area (Å²) in [4.78, 5) is 16.7. The molecular formula is C13H11N3O3S. The van der Waals surface area contributed by atoms with Crippen LogP contribution >= 0.6 is 11.3 Å². The molecule has 0 radical (unpaired) electrons. The molecule has 0 aliphatic carbocycles. The number of methoxy groups -OCH3 is 2. The first-order valence-electron chi connectivity index (χ1n) is 5.79. The molecule has 3 aromatic rings. The van der Waals surface area contributed by atoms with Gasteiger partial charge < -0.3 is 9.47 Å². The zero-order chi connectivity index (χ0) is 14.1. The average molecular weight is 289 g/mol. The molecule has 0 fully saturated rings. The SMILES string of the molecule is COc1ccc(OC)c(/C=c2/sc3ncnn3c2=O)c1. The second-order valence-electron chi connectivity index (χ2n) is 3.98. The molecule has 7 heteroatoms. The summed E-state index contributed by atoms with van der Waals surface area (Å²) in [5.41, 5.74) is 0.584. The van der Waals surface area contributed by atoms with E-state index in [0.717, 1.165) is 5.56 Å². The van der Waals surface area contributed by atoms with Gasteiger partial charge in [0.1, 0.15) is 17.8 Å². The molecule has 3 rings (SSSR count). The van der Waals surface area contributed by atoms with Crippen LogP contribution in [0.5, 0.6) is 11.5 Å². The second-order valence-corrected chi connectivity index (χ2v) is 4.99. The quantitative estimate of drug-likeness (QED) is 0.710. The molecular weight excluding hydrogens is 278 g/mol. The third-order valence-corrected chi connectivity index (χ3v) is 3.82. The van der Waals surface area contributed by atoms with Crippen molar-refractivity contribution in [2.75, 3.05) is 14.2 Å². The van der Waals surface area contributed by atoms with E-state index in [2.05, 4.69) is 10.1 Å². The zero-order valence-corrected chi connectivity index (χ0v) is 11.7. The van der Waals surface area contributed by atoms with E-state index in [9.17, 15) is 4.79 Å². The zero-order valence-electron chi connectivity index (χ0n) is 10.9. The van der Waals surface area contributed by atoms with Gasteiger partial charge in [0, 0.05) is 5.56 Å². The van der Waals surface area contributed by atoms with Crippen molar-refractivity contribution in [3.8, 4) is 11.5 Å². The van der Waals surface area contributed by atoms with Crippen molar-refractivity contribution in [1.29, 1.82) is 0 Å². The molecule has 0 saturated carbocycles. The predicted molar refractivity (Wildman–Crippen MR) is 75.5 cm³/mol. The fourth-order valence-electron chi connectivity index (χ4n) is 1.87. The van der Waals surface area contributed by atoms with Gasteiger partial charge in [-0.15, -0.1) is 0 Å². The smallest absolute Gasteiger partial charge is 0.291 e. The Labute approximate surface area is 117 Å². The van der Waals surface area contributed by atoms with Crippen molar-refractivity contribution in [3.05, 3.63) is 45.0 Å². The number of benzene rings is 1. The number of hydrogen-bond donors (Lipinski definition) is 0. The summed E-state index contributed by atoms with van der Waals surface area (Å²) in [6.07, 6.45) is 3.12. The van der Waals surface area contributed by atoms with Crippen LogP contribution in [0.2, 0.25) is 0 Å². The lowest BCUT2D eigenvalue weighted by atomic mass is 10.2. The molecule has 0 amide bonds. The lowest BCUT2D eigenvalue weighted by molar-refractivity contribution is 0.402. The van der Waals surface area contributed by atoms with Gasteiger partial charge in [0.15, 0.2) is 0 Å². The Morgan fingerprint density at radius 3 is 2.85 bits per heavy atom. The van der Waals surface area contributed by atoms with Gasteiger partial charge in [0.05, 0.1) is 18.8 Å². The highest BCUT2D eigenvalue weighted by molar-refractivity contribution is 7.15. The summed E-state index contributed by atoms with van der Waals surface area (Å²) < 4.78 is 12.3. The fourth-order valence-corrected chi connectivity index (χ4v) is 2.74. The maximum absolute atomic E-state index is 12.1. The van der Waals surface area contributed by atoms with E-state index in [1.165, 1.54) is 22.2 Å². The number of hydrogen-bond acceptors (Lipinski definition) is 6. The van der Waals surface area contributed by atoms with E-state index in [-0.39, 0.29) is 5.56 Å². The highest BCUT2D eigenvalue weighted by Gasteiger charge is 2.07. The van der Waals surface area contributed by atoms with Crippen LogP contribution in [0.25, 0.3) is 11.0 Å². The minimum absolute atomic E-state index is 0.188. The Morgan fingerprint density at radius 1 is 1.30 bits per heavy atom. The standard InChI is InChI=1S/C13H11N3O3S/c1-18-9-3-4-10(19-2)8(5-9)6-11-12(17)16-13(20-11)14-7-15-16/h3-7H,1-2H3/b11-6+. The van der Waals surface area contributed by atoms with Gasteiger partial charge in [-0.3, -0.25) is 4.79 Å². The third kappa shape index (κ3) is 2.01. The van der Waals surface area contributed by atoms with Gasteiger partial charge in [-0.2, -0.15) is 9.61 Å². The van der Waals surface area contributed by atoms with Gasteiger partial charge in [0.2, 0.25) is 4.96 Å². The molecule has 0 unspecified atom stereocenters. The van der Waals surface area contributed by atoms with E-state index in [4.69, 9.17) is 9.47 Å². The lowest BCUT2D eigenvalue weighted by Gasteiger charge is -2.06. The molecule has 102 valence electrons. The summed E-state index contributed by atoms with van der Waals surface area (Å²) >= 11 is 1.28. The van der Waals surface area contributed by atoms with Crippen molar-refractivity contribution in [3.63, 3.8) is 0 Å². The molecule has 0 bridgehead atoms. The van der Waals surface area contributed by atoms with E-state index >= 15 is 0 Å².